The number of benzene rings is 1. The van der Waals surface area contributed by atoms with Crippen LogP contribution in [-0.4, -0.2) is 85.2 Å². The molecule has 51 heavy (non-hydrogen) atoms. The molecule has 15 nitrogen and oxygen atoms in total. The van der Waals surface area contributed by atoms with Crippen molar-refractivity contribution in [2.45, 2.75) is 60.3 Å². The molecule has 0 spiro atoms. The van der Waals surface area contributed by atoms with Gasteiger partial charge in [0.05, 0.1) is 17.0 Å². The number of nitrogens with one attached hydrogen (secondary N) is 1. The lowest BCUT2D eigenvalue weighted by Gasteiger charge is -2.28. The molecule has 2 aromatic heterocycles. The van der Waals surface area contributed by atoms with Crippen molar-refractivity contribution in [3.05, 3.63) is 52.3 Å². The fourth-order valence-corrected chi connectivity index (χ4v) is 4.86. The maximum Gasteiger partial charge on any atom is 0.460 e. The Bertz CT molecular complexity index is 1780. The summed E-state index contributed by atoms with van der Waals surface area (Å²) in [5.74, 6) is -19.4. The van der Waals surface area contributed by atoms with Crippen LogP contribution in [0, 0.1) is 16.6 Å². The number of carboxylic acids is 1. The first-order chi connectivity index (χ1) is 23.8. The number of anilines is 1. The monoisotopic (exact) mass is 758 g/mol. The van der Waals surface area contributed by atoms with Gasteiger partial charge in [-0.05, 0) is 47.2 Å². The van der Waals surface area contributed by atoms with E-state index in [2.05, 4.69) is 25.3 Å². The zero-order valence-corrected chi connectivity index (χ0v) is 26.5. The number of alkyl halides is 7. The summed E-state index contributed by atoms with van der Waals surface area (Å²) >= 11 is 0.687. The van der Waals surface area contributed by atoms with Crippen LogP contribution in [0.25, 0.3) is 0 Å². The lowest BCUT2D eigenvalue weighted by atomic mass is 9.99. The summed E-state index contributed by atoms with van der Waals surface area (Å²) in [6.45, 7) is -0.424. The lowest BCUT2D eigenvalue weighted by Crippen LogP contribution is -2.50. The minimum atomic E-state index is -6.70. The highest BCUT2D eigenvalue weighted by atomic mass is 32.2. The molecule has 1 unspecified atom stereocenters. The Hall–Kier alpha value is -5.29. The van der Waals surface area contributed by atoms with Crippen molar-refractivity contribution in [2.24, 2.45) is 5.92 Å². The van der Waals surface area contributed by atoms with Gasteiger partial charge in [0, 0.05) is 47.5 Å². The molecule has 2 N–H and O–H groups in total. The number of hydrogen-bond donors (Lipinski definition) is 2. The fourth-order valence-electron chi connectivity index (χ4n) is 3.96. The number of aliphatic carboxylic acids is 1. The maximum absolute atomic E-state index is 14.7. The van der Waals surface area contributed by atoms with Crippen LogP contribution in [-0.2, 0) is 36.4 Å². The fraction of sp³-hybridized carbons (Fsp3) is 0.407. The van der Waals surface area contributed by atoms with E-state index in [-0.39, 0.29) is 71.8 Å². The second-order valence-electron chi connectivity index (χ2n) is 10.1. The largest absolute Gasteiger partial charge is 0.481 e. The van der Waals surface area contributed by atoms with Crippen molar-refractivity contribution in [3.63, 3.8) is 0 Å². The second kappa shape index (κ2) is 16.6. The Morgan fingerprint density at radius 2 is 1.78 bits per heavy atom. The Labute approximate surface area is 284 Å². The number of rotatable bonds is 18. The molecule has 0 radical (unpaired) electrons. The van der Waals surface area contributed by atoms with Gasteiger partial charge in [-0.3, -0.25) is 14.4 Å². The van der Waals surface area contributed by atoms with Crippen LogP contribution in [0.5, 0.6) is 0 Å². The summed E-state index contributed by atoms with van der Waals surface area (Å²) < 4.78 is 114. The summed E-state index contributed by atoms with van der Waals surface area (Å²) in [5.41, 5.74) is -2.88. The van der Waals surface area contributed by atoms with E-state index >= 15 is 0 Å². The first-order valence-corrected chi connectivity index (χ1v) is 14.9. The maximum atomic E-state index is 14.7. The van der Waals surface area contributed by atoms with Gasteiger partial charge < -0.3 is 20.0 Å². The zero-order valence-electron chi connectivity index (χ0n) is 25.7. The topological polar surface area (TPSA) is 196 Å². The molecule has 0 aliphatic carbocycles. The standard InChI is InChI=1S/C27H23F8N7O8S/c1-49-42(48)16-4-5-19(51-24-38-39-40-41(24)8-9-50-21(46)7-3-14(13-43)2-6-20(44)45)17(11-16)23(47)37-22-18(28)10-15(12-36-22)25(29,30)26(31,32)27(33,34)35/h4-5,10-14H,2-3,6-9H2,1H3,(H-,36,37,44,45,47)/p+1. The highest BCUT2D eigenvalue weighted by Gasteiger charge is 2.73. The molecule has 0 saturated carbocycles. The molecule has 0 saturated heterocycles. The molecular formula is C27H24F8N7O8S+. The molecule has 0 fully saturated rings. The van der Waals surface area contributed by atoms with Crippen LogP contribution in [0.4, 0.5) is 46.6 Å². The van der Waals surface area contributed by atoms with Gasteiger partial charge in [0.15, 0.2) is 18.7 Å². The molecule has 3 aromatic rings. The second-order valence-corrected chi connectivity index (χ2v) is 11.2. The number of aldehydes is 1. The number of hydrogen-bond acceptors (Lipinski definition) is 12. The first-order valence-electron chi connectivity index (χ1n) is 14.0. The molecule has 1 atom stereocenters. The average molecular weight is 759 g/mol. The van der Waals surface area contributed by atoms with Crippen LogP contribution in [0.15, 0.2) is 40.5 Å². The molecule has 0 aliphatic rings. The summed E-state index contributed by atoms with van der Waals surface area (Å²) in [7, 11) is 0.982. The highest BCUT2D eigenvalue weighted by Crippen LogP contribution is 2.51. The van der Waals surface area contributed by atoms with E-state index in [0.29, 0.717) is 18.0 Å². The van der Waals surface area contributed by atoms with E-state index in [1.165, 1.54) is 12.1 Å². The molecule has 24 heteroatoms. The molecular weight excluding hydrogens is 734 g/mol. The number of carbonyl (C=O) groups is 4. The van der Waals surface area contributed by atoms with Gasteiger partial charge in [-0.15, -0.1) is 5.10 Å². The highest BCUT2D eigenvalue weighted by molar-refractivity contribution is 7.99. The zero-order chi connectivity index (χ0) is 38.1. The van der Waals surface area contributed by atoms with Crippen LogP contribution in [0.1, 0.15) is 41.6 Å². The van der Waals surface area contributed by atoms with E-state index in [4.69, 9.17) is 9.84 Å². The average Bonchev–Trinajstić information content (AvgIpc) is 3.51. The van der Waals surface area contributed by atoms with Gasteiger partial charge in [0.25, 0.3) is 10.8 Å². The van der Waals surface area contributed by atoms with Gasteiger partial charge >= 0.3 is 35.6 Å². The number of halogens is 8. The SMILES string of the molecule is CO[N+](=O)c1ccc(Sc2nnnn2CCOC(=O)CCC(C=O)CCC(=O)O)c(C(=O)Nc2ncc(C(F)(F)C(F)(F)C(F)(F)F)cc2F)c1. The number of esters is 1. The van der Waals surface area contributed by atoms with Crippen molar-refractivity contribution in [1.82, 2.24) is 25.2 Å². The minimum absolute atomic E-state index is 0.0326. The van der Waals surface area contributed by atoms with Gasteiger partial charge in [-0.2, -0.15) is 30.7 Å². The Kier molecular flexibility index (Phi) is 13.1. The predicted molar refractivity (Wildman–Crippen MR) is 152 cm³/mol. The third-order valence-corrected chi connectivity index (χ3v) is 7.73. The smallest absolute Gasteiger partial charge is 0.460 e. The van der Waals surface area contributed by atoms with Gasteiger partial charge in [-0.25, -0.2) is 18.9 Å². The summed E-state index contributed by atoms with van der Waals surface area (Å²) in [5, 5.41) is 21.6. The Morgan fingerprint density at radius 3 is 2.39 bits per heavy atom. The molecule has 1 amide bonds. The summed E-state index contributed by atoms with van der Waals surface area (Å²) in [4.78, 5) is 66.7. The van der Waals surface area contributed by atoms with Crippen LogP contribution in [0.2, 0.25) is 0 Å². The number of carbonyl (C=O) groups excluding carboxylic acids is 3. The molecule has 0 aliphatic heterocycles. The van der Waals surface area contributed by atoms with Crippen molar-refractivity contribution < 1.29 is 73.9 Å². The third kappa shape index (κ3) is 9.91. The normalized spacial score (nSPS) is 12.6. The van der Waals surface area contributed by atoms with Crippen LogP contribution in [0.3, 0.4) is 0 Å². The third-order valence-electron chi connectivity index (χ3n) is 6.68. The van der Waals surface area contributed by atoms with Crippen molar-refractivity contribution >= 4 is 47.4 Å². The van der Waals surface area contributed by atoms with Crippen molar-refractivity contribution in [2.75, 3.05) is 19.0 Å². The van der Waals surface area contributed by atoms with E-state index < -0.39 is 64.5 Å². The van der Waals surface area contributed by atoms with Crippen LogP contribution < -0.4 is 5.32 Å². The molecule has 3 rings (SSSR count). The first kappa shape index (κ1) is 40.1. The summed E-state index contributed by atoms with van der Waals surface area (Å²) in [6.07, 6.45) is -6.70. The van der Waals surface area contributed by atoms with E-state index in [1.807, 2.05) is 5.32 Å². The van der Waals surface area contributed by atoms with Crippen molar-refractivity contribution in [1.29, 1.82) is 0 Å². The van der Waals surface area contributed by atoms with Crippen LogP contribution >= 0.6 is 11.8 Å². The number of ether oxygens (including phenoxy) is 1. The molecule has 0 bridgehead atoms. The predicted octanol–water partition coefficient (Wildman–Crippen LogP) is 4.88. The van der Waals surface area contributed by atoms with Gasteiger partial charge in [-0.1, -0.05) is 0 Å². The number of pyridine rings is 1. The Morgan fingerprint density at radius 1 is 1.10 bits per heavy atom. The van der Waals surface area contributed by atoms with E-state index in [1.54, 1.807) is 0 Å². The van der Waals surface area contributed by atoms with E-state index in [0.717, 1.165) is 17.9 Å². The van der Waals surface area contributed by atoms with Crippen molar-refractivity contribution in [3.8, 4) is 0 Å². The number of carboxylic acid groups (broad SMARTS) is 1. The molecule has 2 heterocycles. The van der Waals surface area contributed by atoms with Gasteiger partial charge in [0.1, 0.15) is 12.9 Å². The quantitative estimate of drug-likeness (QED) is 0.0772. The van der Waals surface area contributed by atoms with Gasteiger partial charge in [0.2, 0.25) is 5.16 Å². The lowest BCUT2D eigenvalue weighted by molar-refractivity contribution is -0.736. The number of tetrazole rings is 1. The minimum Gasteiger partial charge on any atom is -0.481 e. The summed E-state index contributed by atoms with van der Waals surface area (Å²) in [6, 6.07) is 2.93. The molecule has 1 aromatic carbocycles. The number of aromatic nitrogens is 5. The number of nitrogens with zero attached hydrogens (tertiary/aromatic N) is 6. The molecule has 276 valence electrons. The number of amides is 1. The van der Waals surface area contributed by atoms with E-state index in [9.17, 15) is 59.2 Å². The Balaban J connectivity index is 1.77.